The topological polar surface area (TPSA) is 70.1 Å². The average Bonchev–Trinajstić information content (AvgIpc) is 2.63. The van der Waals surface area contributed by atoms with Gasteiger partial charge in [0.25, 0.3) is 0 Å². The summed E-state index contributed by atoms with van der Waals surface area (Å²) in [6.07, 6.45) is 0. The largest absolute Gasteiger partial charge is 0.495 e. The molecule has 5 nitrogen and oxygen atoms in total. The van der Waals surface area contributed by atoms with Crippen molar-refractivity contribution in [2.24, 2.45) is 7.05 Å². The van der Waals surface area contributed by atoms with Crippen LogP contribution < -0.4 is 10.5 Å². The Morgan fingerprint density at radius 3 is 2.68 bits per heavy atom. The number of carbonyl (C=O) groups is 1. The van der Waals surface area contributed by atoms with Crippen LogP contribution in [0.4, 0.5) is 5.82 Å². The second-order valence-corrected chi connectivity index (χ2v) is 4.50. The van der Waals surface area contributed by atoms with Gasteiger partial charge in [0.2, 0.25) is 0 Å². The molecule has 2 N–H and O–H groups in total. The predicted molar refractivity (Wildman–Crippen MR) is 73.8 cm³/mol. The summed E-state index contributed by atoms with van der Waals surface area (Å²) in [5, 5.41) is 4.40. The number of ether oxygens (including phenoxy) is 1. The summed E-state index contributed by atoms with van der Waals surface area (Å²) in [4.78, 5) is 12.5. The molecule has 2 rings (SSSR count). The van der Waals surface area contributed by atoms with Crippen molar-refractivity contribution in [3.63, 3.8) is 0 Å². The lowest BCUT2D eigenvalue weighted by Gasteiger charge is -2.08. The van der Waals surface area contributed by atoms with Crippen molar-refractivity contribution in [2.75, 3.05) is 12.8 Å². The fraction of sp³-hybridized carbons (Fsp3) is 0.231. The molecule has 0 unspecified atom stereocenters. The van der Waals surface area contributed by atoms with Crippen molar-refractivity contribution in [3.8, 4) is 5.75 Å². The molecule has 0 radical (unpaired) electrons. The Morgan fingerprint density at radius 2 is 2.16 bits per heavy atom. The molecule has 1 aromatic heterocycles. The quantitative estimate of drug-likeness (QED) is 0.875. The standard InChI is InChI=1S/C13H14ClN3O2/c1-7-10(13(15)17(2)16-7)12(18)8-5-4-6-9(19-3)11(8)14/h4-6H,15H2,1-3H3. The van der Waals surface area contributed by atoms with E-state index in [-0.39, 0.29) is 10.8 Å². The zero-order valence-corrected chi connectivity index (χ0v) is 11.7. The number of ketones is 1. The van der Waals surface area contributed by atoms with Gasteiger partial charge >= 0.3 is 0 Å². The molecule has 100 valence electrons. The number of methoxy groups -OCH3 is 1. The van der Waals surface area contributed by atoms with E-state index in [1.165, 1.54) is 11.8 Å². The van der Waals surface area contributed by atoms with Gasteiger partial charge in [0.05, 0.1) is 23.4 Å². The van der Waals surface area contributed by atoms with Crippen LogP contribution in [0.3, 0.4) is 0 Å². The summed E-state index contributed by atoms with van der Waals surface area (Å²) in [5.41, 5.74) is 7.16. The number of halogens is 1. The van der Waals surface area contributed by atoms with E-state index in [2.05, 4.69) is 5.10 Å². The summed E-state index contributed by atoms with van der Waals surface area (Å²) in [5.74, 6) is 0.515. The summed E-state index contributed by atoms with van der Waals surface area (Å²) in [6, 6.07) is 5.04. The highest BCUT2D eigenvalue weighted by atomic mass is 35.5. The van der Waals surface area contributed by atoms with Gasteiger partial charge in [-0.25, -0.2) is 0 Å². The fourth-order valence-electron chi connectivity index (χ4n) is 1.94. The van der Waals surface area contributed by atoms with E-state index < -0.39 is 0 Å². The van der Waals surface area contributed by atoms with Crippen molar-refractivity contribution in [1.29, 1.82) is 0 Å². The number of nitrogen functional groups attached to an aromatic ring is 1. The van der Waals surface area contributed by atoms with Gasteiger partial charge < -0.3 is 10.5 Å². The smallest absolute Gasteiger partial charge is 0.200 e. The van der Waals surface area contributed by atoms with Crippen LogP contribution in [0.25, 0.3) is 0 Å². The van der Waals surface area contributed by atoms with Gasteiger partial charge in [-0.1, -0.05) is 17.7 Å². The monoisotopic (exact) mass is 279 g/mol. The van der Waals surface area contributed by atoms with Gasteiger partial charge in [0, 0.05) is 12.6 Å². The summed E-state index contributed by atoms with van der Waals surface area (Å²) >= 11 is 6.15. The summed E-state index contributed by atoms with van der Waals surface area (Å²) in [6.45, 7) is 1.73. The van der Waals surface area contributed by atoms with E-state index in [1.807, 2.05) is 0 Å². The van der Waals surface area contributed by atoms with Crippen molar-refractivity contribution in [2.45, 2.75) is 6.92 Å². The number of nitrogens with zero attached hydrogens (tertiary/aromatic N) is 2. The Morgan fingerprint density at radius 1 is 1.47 bits per heavy atom. The molecule has 0 bridgehead atoms. The van der Waals surface area contributed by atoms with E-state index in [0.29, 0.717) is 28.4 Å². The number of nitrogens with two attached hydrogens (primary N) is 1. The highest BCUT2D eigenvalue weighted by Gasteiger charge is 2.22. The van der Waals surface area contributed by atoms with Crippen LogP contribution in [0.2, 0.25) is 5.02 Å². The molecule has 19 heavy (non-hydrogen) atoms. The molecule has 0 aliphatic carbocycles. The zero-order valence-electron chi connectivity index (χ0n) is 10.9. The first-order valence-corrected chi connectivity index (χ1v) is 6.01. The third-order valence-electron chi connectivity index (χ3n) is 2.92. The normalized spacial score (nSPS) is 10.5. The van der Waals surface area contributed by atoms with Crippen LogP contribution in [0, 0.1) is 6.92 Å². The molecule has 0 aliphatic rings. The van der Waals surface area contributed by atoms with Crippen LogP contribution in [0.1, 0.15) is 21.6 Å². The average molecular weight is 280 g/mol. The fourth-order valence-corrected chi connectivity index (χ4v) is 2.22. The molecule has 1 heterocycles. The van der Waals surface area contributed by atoms with E-state index in [1.54, 1.807) is 32.2 Å². The Kier molecular flexibility index (Phi) is 3.48. The van der Waals surface area contributed by atoms with Crippen LogP contribution in [-0.2, 0) is 7.05 Å². The van der Waals surface area contributed by atoms with Crippen LogP contribution in [-0.4, -0.2) is 22.7 Å². The number of benzene rings is 1. The zero-order chi connectivity index (χ0) is 14.2. The maximum absolute atomic E-state index is 12.5. The molecule has 0 atom stereocenters. The molecule has 6 heteroatoms. The second-order valence-electron chi connectivity index (χ2n) is 4.12. The summed E-state index contributed by atoms with van der Waals surface area (Å²) < 4.78 is 6.57. The molecule has 0 saturated carbocycles. The van der Waals surface area contributed by atoms with Gasteiger partial charge in [0.15, 0.2) is 5.78 Å². The van der Waals surface area contributed by atoms with Crippen LogP contribution in [0.5, 0.6) is 5.75 Å². The van der Waals surface area contributed by atoms with Gasteiger partial charge in [-0.3, -0.25) is 9.48 Å². The maximum atomic E-state index is 12.5. The minimum absolute atomic E-state index is 0.257. The Labute approximate surface area is 115 Å². The van der Waals surface area contributed by atoms with Crippen molar-refractivity contribution in [1.82, 2.24) is 9.78 Å². The van der Waals surface area contributed by atoms with Gasteiger partial charge in [-0.15, -0.1) is 0 Å². The van der Waals surface area contributed by atoms with Crippen molar-refractivity contribution >= 4 is 23.2 Å². The van der Waals surface area contributed by atoms with Crippen molar-refractivity contribution in [3.05, 3.63) is 40.0 Å². The summed E-state index contributed by atoms with van der Waals surface area (Å²) in [7, 11) is 3.19. The first-order chi connectivity index (χ1) is 8.97. The Balaban J connectivity index is 2.56. The first-order valence-electron chi connectivity index (χ1n) is 5.63. The molecule has 1 aromatic carbocycles. The van der Waals surface area contributed by atoms with Crippen LogP contribution >= 0.6 is 11.6 Å². The number of aromatic nitrogens is 2. The van der Waals surface area contributed by atoms with Gasteiger partial charge in [-0.2, -0.15) is 5.10 Å². The van der Waals surface area contributed by atoms with E-state index in [4.69, 9.17) is 22.1 Å². The molecule has 0 aliphatic heterocycles. The second kappa shape index (κ2) is 4.93. The van der Waals surface area contributed by atoms with Gasteiger partial charge in [0.1, 0.15) is 11.6 Å². The lowest BCUT2D eigenvalue weighted by molar-refractivity contribution is 0.103. The number of rotatable bonds is 3. The number of hydrogen-bond acceptors (Lipinski definition) is 4. The number of aryl methyl sites for hydroxylation is 2. The SMILES string of the molecule is COc1cccc(C(=O)c2c(C)nn(C)c2N)c1Cl. The third kappa shape index (κ3) is 2.17. The molecular weight excluding hydrogens is 266 g/mol. The van der Waals surface area contributed by atoms with E-state index >= 15 is 0 Å². The lowest BCUT2D eigenvalue weighted by Crippen LogP contribution is -2.08. The molecule has 0 fully saturated rings. The highest BCUT2D eigenvalue weighted by Crippen LogP contribution is 2.31. The number of anilines is 1. The highest BCUT2D eigenvalue weighted by molar-refractivity contribution is 6.36. The Hall–Kier alpha value is -2.01. The minimum atomic E-state index is -0.257. The first kappa shape index (κ1) is 13.4. The van der Waals surface area contributed by atoms with Crippen LogP contribution in [0.15, 0.2) is 18.2 Å². The molecule has 2 aromatic rings. The molecule has 0 amide bonds. The minimum Gasteiger partial charge on any atom is -0.495 e. The van der Waals surface area contributed by atoms with Crippen molar-refractivity contribution < 1.29 is 9.53 Å². The number of hydrogen-bond donors (Lipinski definition) is 1. The number of carbonyl (C=O) groups excluding carboxylic acids is 1. The predicted octanol–water partition coefficient (Wildman–Crippen LogP) is 2.20. The Bertz CT molecular complexity index is 650. The van der Waals surface area contributed by atoms with E-state index in [9.17, 15) is 4.79 Å². The molecular formula is C13H14ClN3O2. The molecule has 0 spiro atoms. The third-order valence-corrected chi connectivity index (χ3v) is 3.31. The van der Waals surface area contributed by atoms with E-state index in [0.717, 1.165) is 0 Å². The lowest BCUT2D eigenvalue weighted by atomic mass is 10.0. The van der Waals surface area contributed by atoms with Gasteiger partial charge in [-0.05, 0) is 19.1 Å². The maximum Gasteiger partial charge on any atom is 0.200 e. The molecule has 0 saturated heterocycles.